The van der Waals surface area contributed by atoms with Crippen molar-refractivity contribution < 1.29 is 26.4 Å². The molecule has 1 N–H and O–H groups in total. The second-order valence-corrected chi connectivity index (χ2v) is 9.22. The standard InChI is InChI=1S/C16H18F3N5O3S2/c1-23-14(16(17,18)19)21-22-15(23)28-10-13(25)20-11-4-6-12(7-5-11)29(26,27)24-8-2-3-9-24/h4-7H,2-3,8-10H2,1H3,(H,20,25). The number of nitrogens with zero attached hydrogens (tertiary/aromatic N) is 4. The van der Waals surface area contributed by atoms with Crippen molar-refractivity contribution in [3.05, 3.63) is 30.1 Å². The van der Waals surface area contributed by atoms with Crippen LogP contribution in [0.1, 0.15) is 18.7 Å². The van der Waals surface area contributed by atoms with Crippen molar-refractivity contribution in [1.29, 1.82) is 0 Å². The van der Waals surface area contributed by atoms with E-state index in [0.29, 0.717) is 18.8 Å². The van der Waals surface area contributed by atoms with Gasteiger partial charge in [0.05, 0.1) is 10.6 Å². The highest BCUT2D eigenvalue weighted by molar-refractivity contribution is 7.99. The number of rotatable bonds is 6. The summed E-state index contributed by atoms with van der Waals surface area (Å²) in [5, 5.41) is 9.06. The van der Waals surface area contributed by atoms with E-state index in [4.69, 9.17) is 0 Å². The number of carbonyl (C=O) groups is 1. The third kappa shape index (κ3) is 4.90. The zero-order valence-electron chi connectivity index (χ0n) is 15.3. The molecule has 1 saturated heterocycles. The monoisotopic (exact) mass is 449 g/mol. The molecule has 0 aliphatic carbocycles. The lowest BCUT2D eigenvalue weighted by atomic mass is 10.3. The molecule has 29 heavy (non-hydrogen) atoms. The molecule has 2 aromatic rings. The lowest BCUT2D eigenvalue weighted by Crippen LogP contribution is -2.27. The van der Waals surface area contributed by atoms with E-state index in [1.54, 1.807) is 0 Å². The fourth-order valence-electron chi connectivity index (χ4n) is 2.80. The minimum Gasteiger partial charge on any atom is -0.325 e. The summed E-state index contributed by atoms with van der Waals surface area (Å²) in [5.74, 6) is -1.80. The summed E-state index contributed by atoms with van der Waals surface area (Å²) in [5.41, 5.74) is 0.380. The third-order valence-corrected chi connectivity index (χ3v) is 7.19. The Hall–Kier alpha value is -2.12. The van der Waals surface area contributed by atoms with E-state index in [-0.39, 0.29) is 15.8 Å². The first-order chi connectivity index (χ1) is 13.6. The highest BCUT2D eigenvalue weighted by atomic mass is 32.2. The van der Waals surface area contributed by atoms with Gasteiger partial charge in [0, 0.05) is 25.8 Å². The molecule has 2 heterocycles. The molecule has 0 spiro atoms. The Balaban J connectivity index is 1.58. The highest BCUT2D eigenvalue weighted by Crippen LogP contribution is 2.29. The van der Waals surface area contributed by atoms with Gasteiger partial charge in [-0.05, 0) is 37.1 Å². The smallest absolute Gasteiger partial charge is 0.325 e. The maximum atomic E-state index is 12.7. The molecule has 0 bridgehead atoms. The Morgan fingerprint density at radius 1 is 1.17 bits per heavy atom. The third-order valence-electron chi connectivity index (χ3n) is 4.26. The second-order valence-electron chi connectivity index (χ2n) is 6.34. The van der Waals surface area contributed by atoms with E-state index >= 15 is 0 Å². The number of amides is 1. The van der Waals surface area contributed by atoms with Crippen LogP contribution in [0.2, 0.25) is 0 Å². The molecule has 158 valence electrons. The summed E-state index contributed by atoms with van der Waals surface area (Å²) in [6.07, 6.45) is -2.96. The van der Waals surface area contributed by atoms with Crippen molar-refractivity contribution in [3.63, 3.8) is 0 Å². The number of hydrogen-bond acceptors (Lipinski definition) is 6. The minimum atomic E-state index is -4.63. The summed E-state index contributed by atoms with van der Waals surface area (Å²) < 4.78 is 65.3. The van der Waals surface area contributed by atoms with E-state index in [0.717, 1.165) is 29.2 Å². The number of aromatic nitrogens is 3. The molecule has 0 saturated carbocycles. The van der Waals surface area contributed by atoms with Gasteiger partial charge in [-0.3, -0.25) is 4.79 Å². The Morgan fingerprint density at radius 3 is 2.34 bits per heavy atom. The predicted octanol–water partition coefficient (Wildman–Crippen LogP) is 2.35. The topological polar surface area (TPSA) is 97.2 Å². The molecule has 1 amide bonds. The van der Waals surface area contributed by atoms with Crippen molar-refractivity contribution in [2.45, 2.75) is 29.1 Å². The largest absolute Gasteiger partial charge is 0.451 e. The van der Waals surface area contributed by atoms with Crippen molar-refractivity contribution in [2.75, 3.05) is 24.2 Å². The van der Waals surface area contributed by atoms with Crippen LogP contribution in [-0.4, -0.2) is 52.2 Å². The maximum Gasteiger partial charge on any atom is 0.451 e. The molecule has 0 atom stereocenters. The van der Waals surface area contributed by atoms with Crippen LogP contribution in [0, 0.1) is 0 Å². The Kier molecular flexibility index (Phi) is 6.19. The number of carbonyl (C=O) groups excluding carboxylic acids is 1. The summed E-state index contributed by atoms with van der Waals surface area (Å²) in [6, 6.07) is 5.76. The van der Waals surface area contributed by atoms with Crippen LogP contribution in [-0.2, 0) is 28.0 Å². The number of thioether (sulfide) groups is 1. The van der Waals surface area contributed by atoms with Crippen LogP contribution in [0.15, 0.2) is 34.3 Å². The zero-order valence-corrected chi connectivity index (χ0v) is 16.9. The fraction of sp³-hybridized carbons (Fsp3) is 0.438. The number of nitrogens with one attached hydrogen (secondary N) is 1. The van der Waals surface area contributed by atoms with Gasteiger partial charge in [-0.1, -0.05) is 11.8 Å². The van der Waals surface area contributed by atoms with E-state index in [2.05, 4.69) is 15.5 Å². The number of anilines is 1. The van der Waals surface area contributed by atoms with Gasteiger partial charge in [-0.25, -0.2) is 8.42 Å². The first-order valence-corrected chi connectivity index (χ1v) is 11.0. The lowest BCUT2D eigenvalue weighted by Gasteiger charge is -2.15. The van der Waals surface area contributed by atoms with Gasteiger partial charge in [0.2, 0.25) is 21.8 Å². The van der Waals surface area contributed by atoms with Gasteiger partial charge in [-0.2, -0.15) is 17.5 Å². The van der Waals surface area contributed by atoms with Crippen molar-refractivity contribution in [3.8, 4) is 0 Å². The van der Waals surface area contributed by atoms with Crippen LogP contribution in [0.25, 0.3) is 0 Å². The van der Waals surface area contributed by atoms with Gasteiger partial charge in [-0.15, -0.1) is 10.2 Å². The highest BCUT2D eigenvalue weighted by Gasteiger charge is 2.37. The summed E-state index contributed by atoms with van der Waals surface area (Å²) in [4.78, 5) is 12.2. The Labute approximate surface area is 169 Å². The number of alkyl halides is 3. The van der Waals surface area contributed by atoms with Crippen molar-refractivity contribution >= 4 is 33.4 Å². The van der Waals surface area contributed by atoms with Crippen LogP contribution >= 0.6 is 11.8 Å². The van der Waals surface area contributed by atoms with Crippen molar-refractivity contribution in [2.24, 2.45) is 7.05 Å². The van der Waals surface area contributed by atoms with E-state index in [1.807, 2.05) is 0 Å². The average Bonchev–Trinajstić information content (AvgIpc) is 3.30. The predicted molar refractivity (Wildman–Crippen MR) is 99.8 cm³/mol. The summed E-state index contributed by atoms with van der Waals surface area (Å²) >= 11 is 0.810. The van der Waals surface area contributed by atoms with Crippen LogP contribution in [0.4, 0.5) is 18.9 Å². The van der Waals surface area contributed by atoms with E-state index < -0.39 is 27.9 Å². The fourth-order valence-corrected chi connectivity index (χ4v) is 5.03. The molecule has 13 heteroatoms. The number of hydrogen-bond donors (Lipinski definition) is 1. The molecule has 8 nitrogen and oxygen atoms in total. The molecule has 0 radical (unpaired) electrons. The second kappa shape index (κ2) is 8.32. The molecule has 1 aliphatic rings. The van der Waals surface area contributed by atoms with Crippen molar-refractivity contribution in [1.82, 2.24) is 19.1 Å². The lowest BCUT2D eigenvalue weighted by molar-refractivity contribution is -0.147. The van der Waals surface area contributed by atoms with E-state index in [1.165, 1.54) is 35.6 Å². The summed E-state index contributed by atoms with van der Waals surface area (Å²) in [7, 11) is -2.37. The van der Waals surface area contributed by atoms with Gasteiger partial charge in [0.1, 0.15) is 0 Å². The van der Waals surface area contributed by atoms with Gasteiger partial charge >= 0.3 is 6.18 Å². The maximum absolute atomic E-state index is 12.7. The van der Waals surface area contributed by atoms with Crippen LogP contribution in [0.3, 0.4) is 0 Å². The number of halogens is 3. The van der Waals surface area contributed by atoms with Gasteiger partial charge < -0.3 is 9.88 Å². The molecule has 0 unspecified atom stereocenters. The minimum absolute atomic E-state index is 0.0421. The average molecular weight is 449 g/mol. The SMILES string of the molecule is Cn1c(SCC(=O)Nc2ccc(S(=O)(=O)N3CCCC3)cc2)nnc1C(F)(F)F. The molecule has 1 aliphatic heterocycles. The quantitative estimate of drug-likeness (QED) is 0.680. The molecule has 3 rings (SSSR count). The van der Waals surface area contributed by atoms with Gasteiger partial charge in [0.15, 0.2) is 5.16 Å². The van der Waals surface area contributed by atoms with Crippen LogP contribution in [0.5, 0.6) is 0 Å². The normalized spacial score (nSPS) is 15.6. The molecule has 1 aromatic heterocycles. The molecule has 1 aromatic carbocycles. The first-order valence-electron chi connectivity index (χ1n) is 8.58. The molecule has 1 fully saturated rings. The number of benzene rings is 1. The van der Waals surface area contributed by atoms with Gasteiger partial charge in [0.25, 0.3) is 0 Å². The molecular weight excluding hydrogens is 431 g/mol. The Bertz CT molecular complexity index is 984. The Morgan fingerprint density at radius 2 is 1.79 bits per heavy atom. The zero-order chi connectivity index (χ0) is 21.2. The first kappa shape index (κ1) is 21.6. The summed E-state index contributed by atoms with van der Waals surface area (Å²) in [6.45, 7) is 0.992. The number of sulfonamides is 1. The van der Waals surface area contributed by atoms with E-state index in [9.17, 15) is 26.4 Å². The van der Waals surface area contributed by atoms with Crippen LogP contribution < -0.4 is 5.32 Å². The molecular formula is C16H18F3N5O3S2.